The van der Waals surface area contributed by atoms with E-state index < -0.39 is 17.8 Å². The van der Waals surface area contributed by atoms with Crippen LogP contribution in [0.5, 0.6) is 63.2 Å². The Morgan fingerprint density at radius 2 is 0.886 bits per heavy atom. The number of benzene rings is 7. The molecule has 7 aromatic carbocycles. The lowest BCUT2D eigenvalue weighted by Crippen LogP contribution is -2.51. The lowest BCUT2D eigenvalue weighted by atomic mass is 9.73. The van der Waals surface area contributed by atoms with Crippen LogP contribution >= 0.6 is 197 Å². The third-order valence-corrected chi connectivity index (χ3v) is 26.8. The molecule has 0 unspecified atom stereocenters. The van der Waals surface area contributed by atoms with Crippen LogP contribution in [0, 0.1) is 44.8 Å². The molecule has 10 heterocycles. The maximum absolute atomic E-state index is 10.9. The second-order valence-electron chi connectivity index (χ2n) is 30.8. The smallest absolute Gasteiger partial charge is 0.346 e. The number of aromatic amines is 1. The molecule has 4 atom stereocenters. The Hall–Kier alpha value is -11.6. The van der Waals surface area contributed by atoms with E-state index in [2.05, 4.69) is 80.7 Å². The van der Waals surface area contributed by atoms with Crippen LogP contribution in [0.1, 0.15) is 39.5 Å². The topological polar surface area (TPSA) is 582 Å². The van der Waals surface area contributed by atoms with Gasteiger partial charge in [0.2, 0.25) is 28.0 Å². The number of allylic oxidation sites excluding steroid dienone is 2. The molecule has 17 rings (SSSR count). The Balaban J connectivity index is 0.000000231. The second kappa shape index (κ2) is 61.6. The number of rotatable bonds is 18. The van der Waals surface area contributed by atoms with Gasteiger partial charge in [0.1, 0.15) is 106 Å². The summed E-state index contributed by atoms with van der Waals surface area (Å²) in [6.07, 6.45) is 20.6. The number of piperidine rings is 2. The Morgan fingerprint density at radius 3 is 1.28 bits per heavy atom. The number of aromatic nitrogens is 10. The number of imidazole rings is 2. The molecule has 4 amide bonds. The summed E-state index contributed by atoms with van der Waals surface area (Å²) in [6, 6.07) is 39.3. The van der Waals surface area contributed by atoms with Crippen molar-refractivity contribution in [3.8, 4) is 81.5 Å². The van der Waals surface area contributed by atoms with E-state index in [1.165, 1.54) is 37.5 Å². The normalized spacial score (nSPS) is 15.1. The number of amides is 4. The first-order valence-electron chi connectivity index (χ1n) is 42.8. The molecular weight excluding hydrogens is 2290 g/mol. The van der Waals surface area contributed by atoms with Crippen molar-refractivity contribution >= 4 is 244 Å². The predicted molar refractivity (Wildman–Crippen MR) is 583 cm³/mol. The molecule has 0 aliphatic carbocycles. The van der Waals surface area contributed by atoms with Crippen LogP contribution in [0.4, 0.5) is 27.2 Å². The summed E-state index contributed by atoms with van der Waals surface area (Å²) < 4.78 is 53.0. The number of hydrogen-bond donors (Lipinski definition) is 10. The molecule has 0 bridgehead atoms. The highest BCUT2D eigenvalue weighted by Gasteiger charge is 2.49. The Kier molecular flexibility index (Phi) is 51.4. The zero-order chi connectivity index (χ0) is 109. The number of aldehydes is 1. The highest BCUT2D eigenvalue weighted by Crippen LogP contribution is 2.46. The number of nitrogens with zero attached hydrogens (tertiary/aromatic N) is 14. The number of urea groups is 2. The summed E-state index contributed by atoms with van der Waals surface area (Å²) in [5.41, 5.74) is 38.1. The molecule has 38 nitrogen and oxygen atoms in total. The van der Waals surface area contributed by atoms with E-state index in [4.69, 9.17) is 294 Å². The Labute approximate surface area is 938 Å². The van der Waals surface area contributed by atoms with Crippen molar-refractivity contribution in [2.75, 3.05) is 82.3 Å². The van der Waals surface area contributed by atoms with Gasteiger partial charge in [-0.05, 0) is 161 Å². The Morgan fingerprint density at radius 1 is 0.517 bits per heavy atom. The summed E-state index contributed by atoms with van der Waals surface area (Å²) in [7, 11) is 3.58. The van der Waals surface area contributed by atoms with Crippen molar-refractivity contribution in [3.05, 3.63) is 292 Å². The molecule has 4 fully saturated rings. The van der Waals surface area contributed by atoms with Gasteiger partial charge in [0, 0.05) is 74.9 Å². The average molecular weight is 2380 g/mol. The largest absolute Gasteiger partial charge is 0.477 e. The minimum Gasteiger partial charge on any atom is -0.477 e. The molecule has 19 N–H and O–H groups in total. The zero-order valence-corrected chi connectivity index (χ0v) is 91.2. The molecule has 149 heavy (non-hydrogen) atoms. The van der Waals surface area contributed by atoms with E-state index in [-0.39, 0.29) is 103 Å². The van der Waals surface area contributed by atoms with Crippen molar-refractivity contribution in [2.45, 2.75) is 63.8 Å². The quantitative estimate of drug-likeness (QED) is 0.0125. The second-order valence-corrected chi connectivity index (χ2v) is 37.3. The molecule has 55 heteroatoms. The molecule has 4 saturated heterocycles. The van der Waals surface area contributed by atoms with Crippen molar-refractivity contribution < 1.29 is 62.5 Å². The van der Waals surface area contributed by atoms with Crippen molar-refractivity contribution in [3.63, 3.8) is 0 Å². The van der Waals surface area contributed by atoms with Crippen LogP contribution in [0.15, 0.2) is 206 Å². The van der Waals surface area contributed by atoms with Crippen LogP contribution in [0.2, 0.25) is 80.9 Å². The van der Waals surface area contributed by atoms with Gasteiger partial charge >= 0.3 is 17.8 Å². The van der Waals surface area contributed by atoms with Gasteiger partial charge in [0.15, 0.2) is 46.7 Å². The van der Waals surface area contributed by atoms with Gasteiger partial charge in [-0.15, -0.1) is 11.6 Å². The summed E-state index contributed by atoms with van der Waals surface area (Å²) in [6.45, 7) is 9.67. The number of fused-ring (bicyclic) bond motifs is 2. The lowest BCUT2D eigenvalue weighted by Gasteiger charge is -2.41. The zero-order valence-electron chi connectivity index (χ0n) is 78.3. The number of carbonyl (C=O) groups is 3. The van der Waals surface area contributed by atoms with Crippen molar-refractivity contribution in [2.24, 2.45) is 39.5 Å². The number of nitriles is 3. The highest BCUT2D eigenvalue weighted by atomic mass is 35.5. The van der Waals surface area contributed by atoms with E-state index in [0.717, 1.165) is 64.4 Å². The molecule has 13 aromatic rings. The first kappa shape index (κ1) is 124. The lowest BCUT2D eigenvalue weighted by molar-refractivity contribution is -0.105. The van der Waals surface area contributed by atoms with Crippen LogP contribution in [-0.4, -0.2) is 168 Å². The van der Waals surface area contributed by atoms with Crippen LogP contribution in [0.25, 0.3) is 11.3 Å². The third-order valence-electron chi connectivity index (χ3n) is 20.6. The number of alkyl halides is 1. The third kappa shape index (κ3) is 36.9. The van der Waals surface area contributed by atoms with Gasteiger partial charge in [-0.25, -0.2) is 39.3 Å². The molecule has 6 aromatic heterocycles. The monoisotopic (exact) mass is 2370 g/mol. The van der Waals surface area contributed by atoms with Gasteiger partial charge in [-0.3, -0.25) is 13.8 Å². The fourth-order valence-electron chi connectivity index (χ4n) is 13.4. The summed E-state index contributed by atoms with van der Waals surface area (Å²) >= 11 is 99.1. The predicted octanol–water partition coefficient (Wildman–Crippen LogP) is 22.2. The number of anilines is 3. The standard InChI is InChI=1S/C21H23Cl2N5O2.C12H6Cl3N3O.C11H10Cl2N2O.C10H6Cl3N3O.2C10H7Cl2N3O2.C9H18N2O.C8H5Cl2NO.C2H3ClO.CH4N2O.H2O/c1-13-18(24)21(12-29-13)5-8-27(9-6-21)20-26-11-16(19-25-7-10-28(19)20)30-15-4-2-3-14(22)17(15)23;13-7-2-1-3-8(10(7)14)19-9-6-17-12(15)18-5-4-16-11(9)18;1-15(2)7-8(6-14)16-10-5-3-4-9(12)11(10)13;11-5-2-1-3-6(8(5)12)17-7-4-15-10(13)16-9(7)14;11-5-2-1-3-6(8(5)12)17-7-4-14-10(16)15-9(7)13;11-7-2-1-3-8(9(7)12)17-6(4-13)5-15-10(14)16;1-7-8(10)9(6-12-7)2-4-11-5-3-9;9-6-2-1-3-7(8(6)10)12-5-4-11;3-1-2-4;2-1(3)4;/h2-4,7,10-11,13,18H,5-6,8-9,12,24H2,1H3;1-6H;3-5,7H,1-2H3;1-4H,(H2,14,15,16);1-4H,(H3,13,14,15,16);1-3,5H,(H3,14,15,16);7-8,11H,2-6,10H2,1H3;1-3H,5H2;2H,1H2;(H4,2,3,4);1H2/b;;8-7+;;;6-5+;;;;;/t13-,18+;;;;;;7-,8+;;;;/m0.....0..../s1. The average Bonchev–Trinajstić information content (AvgIpc) is 1.63. The molecule has 4 aliphatic rings. The molecule has 4 aliphatic heterocycles. The van der Waals surface area contributed by atoms with Crippen LogP contribution in [0.3, 0.4) is 0 Å². The van der Waals surface area contributed by atoms with Gasteiger partial charge in [0.25, 0.3) is 0 Å². The van der Waals surface area contributed by atoms with Gasteiger partial charge in [0.05, 0.1) is 104 Å². The number of ether oxygens (including phenoxy) is 9. The molecule has 0 radical (unpaired) electrons. The number of halogens is 17. The van der Waals surface area contributed by atoms with E-state index in [0.29, 0.717) is 135 Å². The fourth-order valence-corrected chi connectivity index (χ4v) is 16.0. The van der Waals surface area contributed by atoms with E-state index in [1.807, 2.05) is 22.7 Å². The van der Waals surface area contributed by atoms with Crippen molar-refractivity contribution in [1.82, 2.24) is 64.2 Å². The number of nitrogen functional groups attached to an aromatic ring is 2. The summed E-state index contributed by atoms with van der Waals surface area (Å²) in [5, 5.41) is 36.4. The van der Waals surface area contributed by atoms with E-state index >= 15 is 0 Å². The Bertz CT molecular complexity index is 6960. The van der Waals surface area contributed by atoms with E-state index in [1.54, 1.807) is 182 Å². The number of nitrogens with one attached hydrogen (secondary N) is 3. The molecule has 2 spiro atoms. The number of carbonyl (C=O) groups excluding carboxylic acids is 3. The molecular formula is C94H91Cl17N24O14. The summed E-state index contributed by atoms with van der Waals surface area (Å²) in [4.78, 5) is 74.0. The first-order chi connectivity index (χ1) is 70.5. The number of hydrogen-bond acceptors (Lipinski definition) is 30. The molecule has 0 saturated carbocycles. The van der Waals surface area contributed by atoms with Crippen LogP contribution < -0.4 is 94.5 Å². The first-order valence-corrected chi connectivity index (χ1v) is 49.4. The minimum atomic E-state index is -0.833. The number of primary amides is 3. The maximum Gasteiger partial charge on any atom is 0.346 e. The van der Waals surface area contributed by atoms with E-state index in [9.17, 15) is 9.59 Å². The minimum absolute atomic E-state index is 0. The SMILES string of the molecule is CN(C)/C=C(\C#N)Oc1cccc(Cl)c1Cl.C[C@@H]1OCC2(CCN(c3ncc(Oc4cccc(Cl)c4Cl)c4nccn34)CC2)[C@@H]1N.C[C@@H]1OCC2(CCNCC2)[C@@H]1N.Clc1cccc(Oc2cnc(Cl)n3ccnc23)c1Cl.N#C/C(=C\NC(N)=O)Oc1cccc(Cl)c1Cl.N#CCOc1cccc(Cl)c1Cl.NC(N)=O.Nc1[nH]c(=O)ncc1Oc1cccc(Cl)c1Cl.Nc1nc(Cl)ncc1Oc1cccc(Cl)c1Cl.O.O=CCCl. The van der Waals surface area contributed by atoms with Crippen molar-refractivity contribution in [1.29, 1.82) is 15.8 Å². The fraction of sp³-hybridized carbons (Fsp3) is 0.234. The molecule has 790 valence electrons. The number of nitrogens with two attached hydrogens (primary N) is 7. The maximum atomic E-state index is 10.9. The number of H-pyrrole nitrogens is 1. The van der Waals surface area contributed by atoms with Gasteiger partial charge in [-0.1, -0.05) is 205 Å². The highest BCUT2D eigenvalue weighted by molar-refractivity contribution is 6.46. The summed E-state index contributed by atoms with van der Waals surface area (Å²) in [5.74, 6) is 5.15. The van der Waals surface area contributed by atoms with Gasteiger partial charge < -0.3 is 113 Å². The van der Waals surface area contributed by atoms with Gasteiger partial charge in [-0.2, -0.15) is 25.8 Å². The van der Waals surface area contributed by atoms with Crippen LogP contribution in [-0.2, 0) is 14.3 Å².